The predicted octanol–water partition coefficient (Wildman–Crippen LogP) is 2.94. The van der Waals surface area contributed by atoms with Crippen molar-refractivity contribution in [3.8, 4) is 17.2 Å². The molecule has 0 saturated heterocycles. The number of H-pyrrole nitrogens is 1. The van der Waals surface area contributed by atoms with Crippen LogP contribution in [-0.4, -0.2) is 47.3 Å². The van der Waals surface area contributed by atoms with Crippen molar-refractivity contribution in [3.05, 3.63) is 64.2 Å². The molecule has 1 aliphatic rings. The van der Waals surface area contributed by atoms with Crippen LogP contribution in [0.5, 0.6) is 17.2 Å². The summed E-state index contributed by atoms with van der Waals surface area (Å²) in [6.07, 6.45) is 3.08. The molecule has 0 fully saturated rings. The molecule has 7 nitrogen and oxygen atoms in total. The lowest BCUT2D eigenvalue weighted by Crippen LogP contribution is -2.29. The molecule has 0 aliphatic carbocycles. The summed E-state index contributed by atoms with van der Waals surface area (Å²) in [7, 11) is 3.10. The molecule has 0 saturated carbocycles. The third-order valence-electron chi connectivity index (χ3n) is 5.16. The van der Waals surface area contributed by atoms with Crippen LogP contribution in [-0.2, 0) is 6.54 Å². The summed E-state index contributed by atoms with van der Waals surface area (Å²) >= 11 is 0. The summed E-state index contributed by atoms with van der Waals surface area (Å²) in [6, 6.07) is 10.6. The van der Waals surface area contributed by atoms with Crippen molar-refractivity contribution in [2.45, 2.75) is 13.0 Å². The van der Waals surface area contributed by atoms with Crippen molar-refractivity contribution < 1.29 is 14.6 Å². The fourth-order valence-corrected chi connectivity index (χ4v) is 3.59. The highest BCUT2D eigenvalue weighted by Crippen LogP contribution is 2.30. The Bertz CT molecular complexity index is 1120. The van der Waals surface area contributed by atoms with E-state index >= 15 is 0 Å². The van der Waals surface area contributed by atoms with Gasteiger partial charge < -0.3 is 19.6 Å². The van der Waals surface area contributed by atoms with Gasteiger partial charge in [-0.2, -0.15) is 0 Å². The number of hydrogen-bond donors (Lipinski definition) is 2. The first kappa shape index (κ1) is 19.0. The number of benzene rings is 2. The Hall–Kier alpha value is -3.32. The fraction of sp³-hybridized carbons (Fsp3) is 0.273. The molecule has 0 bridgehead atoms. The van der Waals surface area contributed by atoms with Crippen molar-refractivity contribution in [2.24, 2.45) is 0 Å². The lowest BCUT2D eigenvalue weighted by atomic mass is 9.99. The third kappa shape index (κ3) is 3.95. The number of aromatic nitrogens is 2. The van der Waals surface area contributed by atoms with Gasteiger partial charge in [0.25, 0.3) is 5.56 Å². The smallest absolute Gasteiger partial charge is 0.258 e. The number of aromatic hydroxyl groups is 1. The number of methoxy groups -OCH3 is 2. The summed E-state index contributed by atoms with van der Waals surface area (Å²) in [5.74, 6) is 1.94. The summed E-state index contributed by atoms with van der Waals surface area (Å²) in [6.45, 7) is 2.18. The van der Waals surface area contributed by atoms with Crippen LogP contribution in [0.1, 0.15) is 17.8 Å². The van der Waals surface area contributed by atoms with Crippen molar-refractivity contribution in [3.63, 3.8) is 0 Å². The van der Waals surface area contributed by atoms with E-state index in [2.05, 4.69) is 20.9 Å². The van der Waals surface area contributed by atoms with E-state index in [-0.39, 0.29) is 11.3 Å². The minimum Gasteiger partial charge on any atom is -0.508 e. The SMILES string of the molecule is COc1cc2nc(CN3CC=C(c4ccc(O)cc4)CC3)[nH]c(=O)c2cc1OC. The van der Waals surface area contributed by atoms with Gasteiger partial charge in [-0.3, -0.25) is 9.69 Å². The van der Waals surface area contributed by atoms with E-state index in [0.717, 1.165) is 25.1 Å². The number of fused-ring (bicyclic) bond motifs is 1. The molecule has 2 N–H and O–H groups in total. The topological polar surface area (TPSA) is 87.7 Å². The van der Waals surface area contributed by atoms with Crippen LogP contribution in [0.15, 0.2) is 47.3 Å². The van der Waals surface area contributed by atoms with Crippen molar-refractivity contribution in [1.82, 2.24) is 14.9 Å². The number of phenolic OH excluding ortho intramolecular Hbond substituents is 1. The second kappa shape index (κ2) is 7.97. The first-order valence-electron chi connectivity index (χ1n) is 9.43. The van der Waals surface area contributed by atoms with Gasteiger partial charge in [-0.15, -0.1) is 0 Å². The number of rotatable bonds is 5. The van der Waals surface area contributed by atoms with E-state index in [9.17, 15) is 9.90 Å². The molecule has 0 spiro atoms. The van der Waals surface area contributed by atoms with E-state index in [1.807, 2.05) is 12.1 Å². The number of nitrogens with one attached hydrogen (secondary N) is 1. The molecule has 0 radical (unpaired) electrons. The highest BCUT2D eigenvalue weighted by Gasteiger charge is 2.16. The number of phenols is 1. The largest absolute Gasteiger partial charge is 0.508 e. The van der Waals surface area contributed by atoms with Gasteiger partial charge in [-0.05, 0) is 35.8 Å². The third-order valence-corrected chi connectivity index (χ3v) is 5.16. The van der Waals surface area contributed by atoms with Gasteiger partial charge in [0.05, 0.1) is 31.7 Å². The molecule has 3 aromatic rings. The van der Waals surface area contributed by atoms with Crippen LogP contribution in [0.25, 0.3) is 16.5 Å². The average molecular weight is 393 g/mol. The Kier molecular flexibility index (Phi) is 5.22. The van der Waals surface area contributed by atoms with Gasteiger partial charge >= 0.3 is 0 Å². The summed E-state index contributed by atoms with van der Waals surface area (Å²) in [5, 5.41) is 9.91. The van der Waals surface area contributed by atoms with Gasteiger partial charge in [0.2, 0.25) is 0 Å². The molecule has 1 aliphatic heterocycles. The molecule has 2 aromatic carbocycles. The summed E-state index contributed by atoms with van der Waals surface area (Å²) < 4.78 is 10.6. The molecule has 7 heteroatoms. The molecule has 0 unspecified atom stereocenters. The number of aromatic amines is 1. The summed E-state index contributed by atoms with van der Waals surface area (Å²) in [5.41, 5.74) is 2.78. The van der Waals surface area contributed by atoms with Crippen LogP contribution < -0.4 is 15.0 Å². The Morgan fingerprint density at radius 2 is 1.86 bits per heavy atom. The van der Waals surface area contributed by atoms with E-state index in [0.29, 0.717) is 34.8 Å². The first-order valence-corrected chi connectivity index (χ1v) is 9.43. The van der Waals surface area contributed by atoms with E-state index in [1.165, 1.54) is 12.7 Å². The van der Waals surface area contributed by atoms with Crippen LogP contribution in [0.4, 0.5) is 0 Å². The molecular weight excluding hydrogens is 370 g/mol. The molecule has 29 heavy (non-hydrogen) atoms. The maximum Gasteiger partial charge on any atom is 0.258 e. The zero-order chi connectivity index (χ0) is 20.4. The lowest BCUT2D eigenvalue weighted by Gasteiger charge is -2.26. The van der Waals surface area contributed by atoms with Gasteiger partial charge in [0.1, 0.15) is 11.6 Å². The molecule has 0 amide bonds. The first-order chi connectivity index (χ1) is 14.1. The van der Waals surface area contributed by atoms with Gasteiger partial charge in [-0.1, -0.05) is 18.2 Å². The predicted molar refractivity (Wildman–Crippen MR) is 111 cm³/mol. The molecule has 4 rings (SSSR count). The fourth-order valence-electron chi connectivity index (χ4n) is 3.59. The van der Waals surface area contributed by atoms with Crippen molar-refractivity contribution in [1.29, 1.82) is 0 Å². The Balaban J connectivity index is 1.54. The number of ether oxygens (including phenoxy) is 2. The average Bonchev–Trinajstić information content (AvgIpc) is 2.74. The van der Waals surface area contributed by atoms with Crippen molar-refractivity contribution >= 4 is 16.5 Å². The monoisotopic (exact) mass is 393 g/mol. The van der Waals surface area contributed by atoms with Gasteiger partial charge in [0.15, 0.2) is 11.5 Å². The highest BCUT2D eigenvalue weighted by molar-refractivity contribution is 5.81. The number of hydrogen-bond acceptors (Lipinski definition) is 6. The van der Waals surface area contributed by atoms with Crippen LogP contribution >= 0.6 is 0 Å². The molecular formula is C22H23N3O4. The second-order valence-corrected chi connectivity index (χ2v) is 7.00. The van der Waals surface area contributed by atoms with Crippen LogP contribution in [0.3, 0.4) is 0 Å². The normalized spacial score (nSPS) is 14.6. The lowest BCUT2D eigenvalue weighted by molar-refractivity contribution is 0.286. The standard InChI is InChI=1S/C22H23N3O4/c1-28-19-11-17-18(12-20(19)29-2)23-21(24-22(17)27)13-25-9-7-15(8-10-25)14-3-5-16(26)6-4-14/h3-7,11-12,26H,8-10,13H2,1-2H3,(H,23,24,27). The molecule has 1 aromatic heterocycles. The van der Waals surface area contributed by atoms with E-state index < -0.39 is 0 Å². The summed E-state index contributed by atoms with van der Waals surface area (Å²) in [4.78, 5) is 22.3. The Morgan fingerprint density at radius 1 is 1.14 bits per heavy atom. The van der Waals surface area contributed by atoms with E-state index in [4.69, 9.17) is 9.47 Å². The maximum absolute atomic E-state index is 12.5. The quantitative estimate of drug-likeness (QED) is 0.693. The molecule has 0 atom stereocenters. The zero-order valence-corrected chi connectivity index (χ0v) is 16.4. The van der Waals surface area contributed by atoms with Gasteiger partial charge in [-0.25, -0.2) is 4.98 Å². The Labute approximate surface area is 168 Å². The van der Waals surface area contributed by atoms with Crippen LogP contribution in [0.2, 0.25) is 0 Å². The minimum atomic E-state index is -0.191. The second-order valence-electron chi connectivity index (χ2n) is 7.00. The maximum atomic E-state index is 12.5. The van der Waals surface area contributed by atoms with Gasteiger partial charge in [0, 0.05) is 19.2 Å². The van der Waals surface area contributed by atoms with Crippen molar-refractivity contribution in [2.75, 3.05) is 27.3 Å². The number of nitrogens with zero attached hydrogens (tertiary/aromatic N) is 2. The van der Waals surface area contributed by atoms with E-state index in [1.54, 1.807) is 31.4 Å². The zero-order valence-electron chi connectivity index (χ0n) is 16.4. The molecule has 150 valence electrons. The minimum absolute atomic E-state index is 0.191. The Morgan fingerprint density at radius 3 is 2.52 bits per heavy atom. The molecule has 2 heterocycles. The van der Waals surface area contributed by atoms with Crippen LogP contribution in [0, 0.1) is 0 Å². The highest BCUT2D eigenvalue weighted by atomic mass is 16.5.